The van der Waals surface area contributed by atoms with E-state index in [1.165, 1.54) is 6.42 Å². The number of nitrogens with one attached hydrogen (secondary N) is 1. The van der Waals surface area contributed by atoms with Gasteiger partial charge in [-0.2, -0.15) is 0 Å². The molecule has 1 aliphatic rings. The van der Waals surface area contributed by atoms with Crippen molar-refractivity contribution >= 4 is 6.09 Å². The monoisotopic (exact) mass is 242 g/mol. The van der Waals surface area contributed by atoms with Gasteiger partial charge in [0, 0.05) is 12.1 Å². The summed E-state index contributed by atoms with van der Waals surface area (Å²) in [7, 11) is 0. The molecule has 0 aliphatic heterocycles. The molecule has 2 atom stereocenters. The fraction of sp³-hybridized carbons (Fsp3) is 0.923. The molecule has 17 heavy (non-hydrogen) atoms. The Morgan fingerprint density at radius 1 is 1.47 bits per heavy atom. The second-order valence-electron chi connectivity index (χ2n) is 6.24. The maximum absolute atomic E-state index is 11.6. The minimum Gasteiger partial charge on any atom is -0.444 e. The number of hydrogen-bond acceptors (Lipinski definition) is 3. The predicted octanol–water partition coefficient (Wildman–Crippen LogP) is 2.42. The van der Waals surface area contributed by atoms with Gasteiger partial charge in [0.05, 0.1) is 0 Å². The molecule has 1 saturated carbocycles. The van der Waals surface area contributed by atoms with E-state index < -0.39 is 5.60 Å². The van der Waals surface area contributed by atoms with E-state index in [1.54, 1.807) is 0 Å². The standard InChI is InChI=1S/C13H26N2O2/c1-10-7-5-6-8-13(10,14)9-15-11(16)17-12(2,3)4/h10H,5-9,14H2,1-4H3,(H,15,16)/t10-,13-/m0/s1. The highest BCUT2D eigenvalue weighted by Crippen LogP contribution is 2.30. The summed E-state index contributed by atoms with van der Waals surface area (Å²) in [5.41, 5.74) is 5.62. The second kappa shape index (κ2) is 5.25. The first-order valence-corrected chi connectivity index (χ1v) is 6.49. The number of alkyl carbamates (subject to hydrolysis) is 1. The average Bonchev–Trinajstić information content (AvgIpc) is 2.18. The number of nitrogens with two attached hydrogens (primary N) is 1. The molecule has 3 N–H and O–H groups in total. The molecule has 0 aromatic rings. The van der Waals surface area contributed by atoms with Crippen LogP contribution in [0.3, 0.4) is 0 Å². The highest BCUT2D eigenvalue weighted by molar-refractivity contribution is 5.67. The van der Waals surface area contributed by atoms with E-state index in [9.17, 15) is 4.79 Å². The Morgan fingerprint density at radius 3 is 2.65 bits per heavy atom. The molecule has 4 nitrogen and oxygen atoms in total. The summed E-state index contributed by atoms with van der Waals surface area (Å²) < 4.78 is 5.20. The lowest BCUT2D eigenvalue weighted by Gasteiger charge is -2.39. The first-order valence-electron chi connectivity index (χ1n) is 6.49. The van der Waals surface area contributed by atoms with Crippen LogP contribution < -0.4 is 11.1 Å². The van der Waals surface area contributed by atoms with Crippen molar-refractivity contribution in [1.29, 1.82) is 0 Å². The highest BCUT2D eigenvalue weighted by atomic mass is 16.6. The smallest absolute Gasteiger partial charge is 0.407 e. The molecule has 0 saturated heterocycles. The number of ether oxygens (including phenoxy) is 1. The first kappa shape index (κ1) is 14.3. The van der Waals surface area contributed by atoms with Crippen molar-refractivity contribution in [2.75, 3.05) is 6.54 Å². The van der Waals surface area contributed by atoms with Gasteiger partial charge in [0.15, 0.2) is 0 Å². The van der Waals surface area contributed by atoms with Crippen LogP contribution in [0.1, 0.15) is 53.4 Å². The Bertz CT molecular complexity index is 273. The normalized spacial score (nSPS) is 29.8. The van der Waals surface area contributed by atoms with Gasteiger partial charge in [0.1, 0.15) is 5.60 Å². The zero-order valence-electron chi connectivity index (χ0n) is 11.5. The van der Waals surface area contributed by atoms with Crippen molar-refractivity contribution in [2.24, 2.45) is 11.7 Å². The van der Waals surface area contributed by atoms with Crippen molar-refractivity contribution in [3.8, 4) is 0 Å². The van der Waals surface area contributed by atoms with E-state index >= 15 is 0 Å². The quantitative estimate of drug-likeness (QED) is 0.781. The number of amides is 1. The zero-order valence-corrected chi connectivity index (χ0v) is 11.5. The number of rotatable bonds is 2. The molecule has 0 bridgehead atoms. The minimum atomic E-state index is -0.454. The van der Waals surface area contributed by atoms with Crippen LogP contribution in [0.4, 0.5) is 4.79 Å². The van der Waals surface area contributed by atoms with E-state index in [0.29, 0.717) is 12.5 Å². The molecule has 1 fully saturated rings. The van der Waals surface area contributed by atoms with Crippen LogP contribution >= 0.6 is 0 Å². The molecule has 0 aromatic carbocycles. The van der Waals surface area contributed by atoms with Gasteiger partial charge in [0.25, 0.3) is 0 Å². The van der Waals surface area contributed by atoms with Gasteiger partial charge >= 0.3 is 6.09 Å². The Labute approximate surface area is 104 Å². The molecule has 0 radical (unpaired) electrons. The summed E-state index contributed by atoms with van der Waals surface area (Å²) in [5.74, 6) is 0.450. The van der Waals surface area contributed by atoms with Crippen LogP contribution in [0.2, 0.25) is 0 Å². The lowest BCUT2D eigenvalue weighted by atomic mass is 9.74. The van der Waals surface area contributed by atoms with E-state index in [1.807, 2.05) is 20.8 Å². The van der Waals surface area contributed by atoms with Crippen LogP contribution in [0.5, 0.6) is 0 Å². The molecule has 1 amide bonds. The van der Waals surface area contributed by atoms with E-state index in [2.05, 4.69) is 12.2 Å². The molecular weight excluding hydrogens is 216 g/mol. The molecule has 0 aromatic heterocycles. The van der Waals surface area contributed by atoms with Gasteiger partial charge < -0.3 is 15.8 Å². The number of carbonyl (C=O) groups excluding carboxylic acids is 1. The van der Waals surface area contributed by atoms with Gasteiger partial charge in [-0.3, -0.25) is 0 Å². The summed E-state index contributed by atoms with van der Waals surface area (Å²) >= 11 is 0. The van der Waals surface area contributed by atoms with Gasteiger partial charge in [0.2, 0.25) is 0 Å². The van der Waals surface area contributed by atoms with E-state index in [-0.39, 0.29) is 11.6 Å². The van der Waals surface area contributed by atoms with Crippen molar-refractivity contribution in [3.05, 3.63) is 0 Å². The van der Waals surface area contributed by atoms with Crippen molar-refractivity contribution in [2.45, 2.75) is 64.5 Å². The van der Waals surface area contributed by atoms with Crippen LogP contribution in [-0.2, 0) is 4.74 Å². The van der Waals surface area contributed by atoms with Crippen molar-refractivity contribution in [3.63, 3.8) is 0 Å². The van der Waals surface area contributed by atoms with Gasteiger partial charge in [-0.25, -0.2) is 4.79 Å². The average molecular weight is 242 g/mol. The highest BCUT2D eigenvalue weighted by Gasteiger charge is 2.34. The van der Waals surface area contributed by atoms with Gasteiger partial charge in [-0.1, -0.05) is 19.8 Å². The van der Waals surface area contributed by atoms with E-state index in [4.69, 9.17) is 10.5 Å². The maximum Gasteiger partial charge on any atom is 0.407 e. The number of hydrogen-bond donors (Lipinski definition) is 2. The minimum absolute atomic E-state index is 0.269. The van der Waals surface area contributed by atoms with Crippen LogP contribution in [0.25, 0.3) is 0 Å². The van der Waals surface area contributed by atoms with E-state index in [0.717, 1.165) is 19.3 Å². The van der Waals surface area contributed by atoms with Gasteiger partial charge in [-0.15, -0.1) is 0 Å². The third-order valence-corrected chi connectivity index (χ3v) is 3.47. The predicted molar refractivity (Wildman–Crippen MR) is 68.8 cm³/mol. The Kier molecular flexibility index (Phi) is 4.42. The zero-order chi connectivity index (χ0) is 13.1. The molecule has 100 valence electrons. The lowest BCUT2D eigenvalue weighted by Crippen LogP contribution is -2.56. The SMILES string of the molecule is C[C@H]1CCCC[C@]1(N)CNC(=O)OC(C)(C)C. The Balaban J connectivity index is 2.41. The fourth-order valence-corrected chi connectivity index (χ4v) is 2.25. The van der Waals surface area contributed by atoms with Crippen LogP contribution in [0, 0.1) is 5.92 Å². The molecule has 4 heteroatoms. The molecular formula is C13H26N2O2. The fourth-order valence-electron chi connectivity index (χ4n) is 2.25. The third kappa shape index (κ3) is 4.54. The summed E-state index contributed by atoms with van der Waals surface area (Å²) in [6.45, 7) is 8.23. The van der Waals surface area contributed by atoms with Crippen molar-refractivity contribution in [1.82, 2.24) is 5.32 Å². The largest absolute Gasteiger partial charge is 0.444 e. The summed E-state index contributed by atoms with van der Waals surface area (Å²) in [6.07, 6.45) is 4.14. The summed E-state index contributed by atoms with van der Waals surface area (Å²) in [6, 6.07) is 0. The topological polar surface area (TPSA) is 64.3 Å². The molecule has 0 spiro atoms. The van der Waals surface area contributed by atoms with Crippen LogP contribution in [0.15, 0.2) is 0 Å². The van der Waals surface area contributed by atoms with Gasteiger partial charge in [-0.05, 0) is 39.5 Å². The maximum atomic E-state index is 11.6. The van der Waals surface area contributed by atoms with Crippen molar-refractivity contribution < 1.29 is 9.53 Å². The first-order chi connectivity index (χ1) is 7.73. The Morgan fingerprint density at radius 2 is 2.12 bits per heavy atom. The molecule has 1 aliphatic carbocycles. The molecule has 0 unspecified atom stereocenters. The second-order valence-corrected chi connectivity index (χ2v) is 6.24. The third-order valence-electron chi connectivity index (χ3n) is 3.47. The summed E-state index contributed by atoms with van der Waals surface area (Å²) in [5, 5.41) is 2.79. The van der Waals surface area contributed by atoms with Crippen LogP contribution in [-0.4, -0.2) is 23.8 Å². The summed E-state index contributed by atoms with van der Waals surface area (Å²) in [4.78, 5) is 11.6. The lowest BCUT2D eigenvalue weighted by molar-refractivity contribution is 0.0497. The molecule has 0 heterocycles. The number of carbonyl (C=O) groups is 1. The molecule has 1 rings (SSSR count). The Hall–Kier alpha value is -0.770.